The fraction of sp³-hybridized carbons (Fsp3) is 0.417. The number of nitrogens with one attached hydrogen (secondary N) is 2. The Hall–Kier alpha value is -3.26. The number of aromatic nitrogens is 4. The van der Waals surface area contributed by atoms with Crippen LogP contribution in [0.2, 0.25) is 0 Å². The van der Waals surface area contributed by atoms with Gasteiger partial charge in [-0.3, -0.25) is 9.98 Å². The highest BCUT2D eigenvalue weighted by Crippen LogP contribution is 2.21. The standard InChI is InChI=1S/C24H30N8/c1-17(2)18-12-24(31-28-16-18)30-23-6-5-21-22(29-23)11-19(15-27-21)20(13-25)14-26-7-3-8-32-9-4-10-32/h5-6,11-17,20,25H,3-4,7-10H2,1-2H3,(H,29,30,31). The van der Waals surface area contributed by atoms with Crippen molar-refractivity contribution in [3.8, 4) is 0 Å². The van der Waals surface area contributed by atoms with Crippen LogP contribution in [0.5, 0.6) is 0 Å². The Kier molecular flexibility index (Phi) is 7.11. The van der Waals surface area contributed by atoms with Crippen molar-refractivity contribution in [3.63, 3.8) is 0 Å². The van der Waals surface area contributed by atoms with Crippen LogP contribution < -0.4 is 5.32 Å². The van der Waals surface area contributed by atoms with Gasteiger partial charge in [-0.25, -0.2) is 4.98 Å². The number of rotatable bonds is 10. The molecule has 3 aromatic heterocycles. The molecule has 1 aliphatic heterocycles. The number of anilines is 2. The van der Waals surface area contributed by atoms with Crippen molar-refractivity contribution in [1.82, 2.24) is 25.1 Å². The summed E-state index contributed by atoms with van der Waals surface area (Å²) in [5.74, 6) is 1.51. The zero-order valence-corrected chi connectivity index (χ0v) is 18.7. The summed E-state index contributed by atoms with van der Waals surface area (Å²) in [7, 11) is 0. The van der Waals surface area contributed by atoms with E-state index in [0.29, 0.717) is 17.6 Å². The van der Waals surface area contributed by atoms with E-state index >= 15 is 0 Å². The summed E-state index contributed by atoms with van der Waals surface area (Å²) in [6, 6.07) is 7.77. The van der Waals surface area contributed by atoms with Crippen LogP contribution in [0.3, 0.4) is 0 Å². The van der Waals surface area contributed by atoms with Gasteiger partial charge in [-0.1, -0.05) is 13.8 Å². The molecule has 0 aliphatic carbocycles. The van der Waals surface area contributed by atoms with Gasteiger partial charge in [0.25, 0.3) is 0 Å². The maximum atomic E-state index is 7.84. The second-order valence-corrected chi connectivity index (χ2v) is 8.45. The van der Waals surface area contributed by atoms with Gasteiger partial charge in [-0.05, 0) is 73.8 Å². The zero-order chi connectivity index (χ0) is 22.3. The maximum Gasteiger partial charge on any atom is 0.154 e. The van der Waals surface area contributed by atoms with Crippen LogP contribution in [0, 0.1) is 5.41 Å². The molecule has 0 bridgehead atoms. The van der Waals surface area contributed by atoms with Gasteiger partial charge in [-0.15, -0.1) is 5.10 Å². The first-order valence-corrected chi connectivity index (χ1v) is 11.2. The molecule has 8 nitrogen and oxygen atoms in total. The van der Waals surface area contributed by atoms with Crippen molar-refractivity contribution in [1.29, 1.82) is 5.41 Å². The van der Waals surface area contributed by atoms with Gasteiger partial charge < -0.3 is 15.6 Å². The topological polar surface area (TPSA) is 103 Å². The van der Waals surface area contributed by atoms with Gasteiger partial charge in [0.1, 0.15) is 5.82 Å². The molecule has 1 unspecified atom stereocenters. The number of pyridine rings is 2. The third kappa shape index (κ3) is 5.50. The first-order chi connectivity index (χ1) is 15.6. The molecule has 1 fully saturated rings. The second kappa shape index (κ2) is 10.4. The van der Waals surface area contributed by atoms with Gasteiger partial charge >= 0.3 is 0 Å². The minimum absolute atomic E-state index is 0.206. The highest BCUT2D eigenvalue weighted by Gasteiger charge is 2.12. The molecule has 4 heterocycles. The lowest BCUT2D eigenvalue weighted by Gasteiger charge is -2.30. The van der Waals surface area contributed by atoms with Crippen molar-refractivity contribution in [2.24, 2.45) is 4.99 Å². The quantitative estimate of drug-likeness (QED) is 0.369. The molecular weight excluding hydrogens is 400 g/mol. The van der Waals surface area contributed by atoms with E-state index < -0.39 is 0 Å². The Morgan fingerprint density at radius 1 is 1.12 bits per heavy atom. The summed E-state index contributed by atoms with van der Waals surface area (Å²) in [6.07, 6.45) is 9.20. The van der Waals surface area contributed by atoms with Crippen LogP contribution in [-0.2, 0) is 0 Å². The molecule has 8 heteroatoms. The SMILES string of the molecule is CC(C)c1cnnc(Nc2ccc3ncc(C(C=N)C=NCCCN4CCC4)cc3n2)c1. The van der Waals surface area contributed by atoms with Crippen molar-refractivity contribution in [2.45, 2.75) is 38.5 Å². The molecule has 32 heavy (non-hydrogen) atoms. The number of likely N-dealkylation sites (tertiary alicyclic amines) is 1. The molecule has 0 spiro atoms. The van der Waals surface area contributed by atoms with Gasteiger partial charge in [0.2, 0.25) is 0 Å². The summed E-state index contributed by atoms with van der Waals surface area (Å²) in [5, 5.41) is 19.3. The van der Waals surface area contributed by atoms with E-state index in [-0.39, 0.29) is 5.92 Å². The Balaban J connectivity index is 1.45. The van der Waals surface area contributed by atoms with Crippen LogP contribution in [0.15, 0.2) is 41.7 Å². The van der Waals surface area contributed by atoms with Crippen molar-refractivity contribution < 1.29 is 0 Å². The summed E-state index contributed by atoms with van der Waals surface area (Å²) >= 11 is 0. The van der Waals surface area contributed by atoms with Crippen molar-refractivity contribution in [2.75, 3.05) is 31.5 Å². The van der Waals surface area contributed by atoms with Crippen molar-refractivity contribution >= 4 is 35.1 Å². The molecule has 1 atom stereocenters. The third-order valence-corrected chi connectivity index (χ3v) is 5.70. The predicted octanol–water partition coefficient (Wildman–Crippen LogP) is 4.19. The van der Waals surface area contributed by atoms with Gasteiger partial charge in [-0.2, -0.15) is 5.10 Å². The Labute approximate surface area is 188 Å². The fourth-order valence-electron chi connectivity index (χ4n) is 3.57. The summed E-state index contributed by atoms with van der Waals surface area (Å²) < 4.78 is 0. The van der Waals surface area contributed by atoms with Crippen LogP contribution in [0.4, 0.5) is 11.6 Å². The molecule has 0 saturated carbocycles. The van der Waals surface area contributed by atoms with E-state index in [1.807, 2.05) is 30.5 Å². The molecule has 0 radical (unpaired) electrons. The van der Waals surface area contributed by atoms with Gasteiger partial charge in [0.05, 0.1) is 23.1 Å². The van der Waals surface area contributed by atoms with E-state index in [2.05, 4.69) is 44.2 Å². The molecule has 0 aromatic carbocycles. The summed E-state index contributed by atoms with van der Waals surface area (Å²) in [5.41, 5.74) is 3.59. The van der Waals surface area contributed by atoms with E-state index in [0.717, 1.165) is 41.7 Å². The third-order valence-electron chi connectivity index (χ3n) is 5.70. The molecule has 1 aliphatic rings. The second-order valence-electron chi connectivity index (χ2n) is 8.45. The minimum Gasteiger partial charge on any atom is -0.323 e. The van der Waals surface area contributed by atoms with E-state index in [4.69, 9.17) is 10.4 Å². The smallest absolute Gasteiger partial charge is 0.154 e. The Morgan fingerprint density at radius 3 is 2.75 bits per heavy atom. The first kappa shape index (κ1) is 22.0. The number of fused-ring (bicyclic) bond motifs is 1. The van der Waals surface area contributed by atoms with Gasteiger partial charge in [0.15, 0.2) is 5.82 Å². The van der Waals surface area contributed by atoms with E-state index in [1.165, 1.54) is 25.7 Å². The molecule has 166 valence electrons. The highest BCUT2D eigenvalue weighted by molar-refractivity contribution is 5.90. The van der Waals surface area contributed by atoms with E-state index in [9.17, 15) is 0 Å². The molecule has 3 aromatic rings. The number of nitrogens with zero attached hydrogens (tertiary/aromatic N) is 6. The van der Waals surface area contributed by atoms with Gasteiger partial charge in [0, 0.05) is 25.2 Å². The summed E-state index contributed by atoms with van der Waals surface area (Å²) in [6.45, 7) is 8.57. The van der Waals surface area contributed by atoms with Crippen molar-refractivity contribution in [3.05, 3.63) is 47.8 Å². The van der Waals surface area contributed by atoms with E-state index in [1.54, 1.807) is 12.4 Å². The summed E-state index contributed by atoms with van der Waals surface area (Å²) in [4.78, 5) is 16.2. The van der Waals surface area contributed by atoms with Crippen LogP contribution in [-0.4, -0.2) is 63.7 Å². The number of hydrogen-bond acceptors (Lipinski definition) is 8. The monoisotopic (exact) mass is 430 g/mol. The average molecular weight is 431 g/mol. The van der Waals surface area contributed by atoms with Crippen LogP contribution >= 0.6 is 0 Å². The minimum atomic E-state index is -0.206. The number of hydrogen-bond donors (Lipinski definition) is 2. The molecular formula is C24H30N8. The normalized spacial score (nSPS) is 15.2. The Morgan fingerprint density at radius 2 is 2.00 bits per heavy atom. The fourth-order valence-corrected chi connectivity index (χ4v) is 3.57. The average Bonchev–Trinajstić information content (AvgIpc) is 2.77. The van der Waals surface area contributed by atoms with Crippen LogP contribution in [0.1, 0.15) is 49.7 Å². The molecule has 2 N–H and O–H groups in total. The lowest BCUT2D eigenvalue weighted by atomic mass is 10.0. The first-order valence-electron chi connectivity index (χ1n) is 11.2. The molecule has 1 saturated heterocycles. The molecule has 0 amide bonds. The predicted molar refractivity (Wildman–Crippen MR) is 129 cm³/mol. The Bertz CT molecular complexity index is 1090. The number of aliphatic imine (C=N–C) groups is 1. The zero-order valence-electron chi connectivity index (χ0n) is 18.7. The lowest BCUT2D eigenvalue weighted by Crippen LogP contribution is -2.37. The maximum absolute atomic E-state index is 7.84. The van der Waals surface area contributed by atoms with Crippen LogP contribution in [0.25, 0.3) is 11.0 Å². The highest BCUT2D eigenvalue weighted by atomic mass is 15.2. The molecule has 4 rings (SSSR count). The lowest BCUT2D eigenvalue weighted by molar-refractivity contribution is 0.181. The largest absolute Gasteiger partial charge is 0.323 e.